The minimum atomic E-state index is -4.79. The molecule has 120 valence electrons. The third-order valence-electron chi connectivity index (χ3n) is 2.79. The molecular weight excluding hydrogens is 296 g/mol. The molecule has 0 aromatic heterocycles. The third kappa shape index (κ3) is 5.95. The molecule has 0 saturated carbocycles. The van der Waals surface area contributed by atoms with Crippen molar-refractivity contribution in [3.8, 4) is 0 Å². The van der Waals surface area contributed by atoms with Gasteiger partial charge in [-0.05, 0) is 49.2 Å². The van der Waals surface area contributed by atoms with Gasteiger partial charge in [0.25, 0.3) is 0 Å². The highest BCUT2D eigenvalue weighted by Crippen LogP contribution is 2.36. The fourth-order valence-electron chi connectivity index (χ4n) is 1.79. The normalized spacial score (nSPS) is 13.0. The summed E-state index contributed by atoms with van der Waals surface area (Å²) in [5.41, 5.74) is -2.51. The van der Waals surface area contributed by atoms with E-state index in [0.717, 1.165) is 12.1 Å². The van der Waals surface area contributed by atoms with Gasteiger partial charge >= 0.3 is 12.4 Å². The molecule has 21 heavy (non-hydrogen) atoms. The van der Waals surface area contributed by atoms with E-state index in [0.29, 0.717) is 19.0 Å². The lowest BCUT2D eigenvalue weighted by Crippen LogP contribution is -2.22. The zero-order valence-corrected chi connectivity index (χ0v) is 11.7. The Hall–Kier alpha value is -1.24. The molecule has 0 spiro atoms. The van der Waals surface area contributed by atoms with Crippen LogP contribution in [0.3, 0.4) is 0 Å². The smallest absolute Gasteiger partial charge is 0.316 e. The van der Waals surface area contributed by atoms with Crippen LogP contribution < -0.4 is 5.32 Å². The van der Waals surface area contributed by atoms with Crippen molar-refractivity contribution in [2.24, 2.45) is 5.92 Å². The first-order valence-corrected chi connectivity index (χ1v) is 6.49. The summed E-state index contributed by atoms with van der Waals surface area (Å²) < 4.78 is 75.9. The van der Waals surface area contributed by atoms with Gasteiger partial charge < -0.3 is 5.32 Å². The van der Waals surface area contributed by atoms with E-state index in [4.69, 9.17) is 0 Å². The third-order valence-corrected chi connectivity index (χ3v) is 2.79. The molecule has 7 heteroatoms. The van der Waals surface area contributed by atoms with Crippen LogP contribution in [0.25, 0.3) is 0 Å². The summed E-state index contributed by atoms with van der Waals surface area (Å²) in [6.07, 6.45) is -9.47. The van der Waals surface area contributed by atoms with Crippen LogP contribution in [0.4, 0.5) is 26.3 Å². The van der Waals surface area contributed by atoms with Gasteiger partial charge in [0, 0.05) is 0 Å². The molecule has 0 atom stereocenters. The molecule has 0 amide bonds. The van der Waals surface area contributed by atoms with Crippen molar-refractivity contribution in [1.29, 1.82) is 0 Å². The Morgan fingerprint density at radius 2 is 1.38 bits per heavy atom. The molecule has 0 fully saturated rings. The highest BCUT2D eigenvalue weighted by Gasteiger charge is 2.36. The Bertz CT molecular complexity index is 429. The molecule has 1 nitrogen and oxygen atoms in total. The monoisotopic (exact) mass is 313 g/mol. The first-order valence-electron chi connectivity index (χ1n) is 6.49. The van der Waals surface area contributed by atoms with E-state index >= 15 is 0 Å². The van der Waals surface area contributed by atoms with Gasteiger partial charge in [0.2, 0.25) is 0 Å². The average Bonchev–Trinajstić information content (AvgIpc) is 2.32. The highest BCUT2D eigenvalue weighted by molar-refractivity contribution is 5.33. The molecular formula is C14H17F6N. The SMILES string of the molecule is CC(C)CNCCc1cc(C(F)(F)F)cc(C(F)(F)F)c1. The summed E-state index contributed by atoms with van der Waals surface area (Å²) >= 11 is 0. The molecule has 0 radical (unpaired) electrons. The van der Waals surface area contributed by atoms with Gasteiger partial charge in [-0.25, -0.2) is 0 Å². The molecule has 0 aliphatic heterocycles. The van der Waals surface area contributed by atoms with Gasteiger partial charge in [-0.15, -0.1) is 0 Å². The van der Waals surface area contributed by atoms with Gasteiger partial charge in [0.05, 0.1) is 11.1 Å². The molecule has 1 N–H and O–H groups in total. The predicted molar refractivity (Wildman–Crippen MR) is 67.9 cm³/mol. The van der Waals surface area contributed by atoms with E-state index in [1.165, 1.54) is 0 Å². The average molecular weight is 313 g/mol. The first-order chi connectivity index (χ1) is 9.50. The summed E-state index contributed by atoms with van der Waals surface area (Å²) in [7, 11) is 0. The van der Waals surface area contributed by atoms with Crippen molar-refractivity contribution in [3.63, 3.8) is 0 Å². The Balaban J connectivity index is 2.93. The van der Waals surface area contributed by atoms with Crippen LogP contribution in [0.2, 0.25) is 0 Å². The predicted octanol–water partition coefficient (Wildman–Crippen LogP) is 4.51. The summed E-state index contributed by atoms with van der Waals surface area (Å²) in [6, 6.07) is 1.68. The molecule has 1 aromatic rings. The number of benzene rings is 1. The minimum absolute atomic E-state index is 0.0217. The topological polar surface area (TPSA) is 12.0 Å². The Morgan fingerprint density at radius 3 is 1.76 bits per heavy atom. The lowest BCUT2D eigenvalue weighted by molar-refractivity contribution is -0.143. The van der Waals surface area contributed by atoms with Crippen LogP contribution >= 0.6 is 0 Å². The van der Waals surface area contributed by atoms with E-state index in [-0.39, 0.29) is 18.1 Å². The van der Waals surface area contributed by atoms with Crippen LogP contribution in [-0.4, -0.2) is 13.1 Å². The lowest BCUT2D eigenvalue weighted by Gasteiger charge is -2.14. The van der Waals surface area contributed by atoms with Crippen molar-refractivity contribution in [2.75, 3.05) is 13.1 Å². The van der Waals surface area contributed by atoms with Crippen molar-refractivity contribution in [3.05, 3.63) is 34.9 Å². The molecule has 1 aromatic carbocycles. The van der Waals surface area contributed by atoms with Gasteiger partial charge in [-0.3, -0.25) is 0 Å². The molecule has 0 saturated heterocycles. The number of halogens is 6. The number of alkyl halides is 6. The van der Waals surface area contributed by atoms with Crippen LogP contribution in [0.1, 0.15) is 30.5 Å². The first kappa shape index (κ1) is 17.8. The fraction of sp³-hybridized carbons (Fsp3) is 0.571. The fourth-order valence-corrected chi connectivity index (χ4v) is 1.79. The quantitative estimate of drug-likeness (QED) is 0.623. The van der Waals surface area contributed by atoms with Gasteiger partial charge in [-0.2, -0.15) is 26.3 Å². The number of rotatable bonds is 5. The molecule has 1 rings (SSSR count). The number of nitrogens with one attached hydrogen (secondary N) is 1. The highest BCUT2D eigenvalue weighted by atomic mass is 19.4. The van der Waals surface area contributed by atoms with Gasteiger partial charge in [0.15, 0.2) is 0 Å². The maximum absolute atomic E-state index is 12.6. The largest absolute Gasteiger partial charge is 0.416 e. The van der Waals surface area contributed by atoms with Crippen molar-refractivity contribution in [2.45, 2.75) is 32.6 Å². The van der Waals surface area contributed by atoms with E-state index in [1.54, 1.807) is 0 Å². The summed E-state index contributed by atoms with van der Waals surface area (Å²) in [5, 5.41) is 2.99. The molecule has 0 heterocycles. The number of hydrogen-bond donors (Lipinski definition) is 1. The summed E-state index contributed by atoms with van der Waals surface area (Å²) in [6.45, 7) is 4.90. The van der Waals surface area contributed by atoms with E-state index in [9.17, 15) is 26.3 Å². The van der Waals surface area contributed by atoms with Gasteiger partial charge in [0.1, 0.15) is 0 Å². The van der Waals surface area contributed by atoms with Gasteiger partial charge in [-0.1, -0.05) is 13.8 Å². The summed E-state index contributed by atoms with van der Waals surface area (Å²) in [5.74, 6) is 0.359. The zero-order valence-electron chi connectivity index (χ0n) is 11.7. The molecule has 0 aliphatic carbocycles. The second-order valence-electron chi connectivity index (χ2n) is 5.26. The zero-order chi connectivity index (χ0) is 16.3. The van der Waals surface area contributed by atoms with E-state index in [1.807, 2.05) is 13.8 Å². The summed E-state index contributed by atoms with van der Waals surface area (Å²) in [4.78, 5) is 0. The maximum atomic E-state index is 12.6. The molecule has 0 unspecified atom stereocenters. The van der Waals surface area contributed by atoms with Crippen molar-refractivity contribution < 1.29 is 26.3 Å². The number of hydrogen-bond acceptors (Lipinski definition) is 1. The van der Waals surface area contributed by atoms with Crippen LogP contribution in [-0.2, 0) is 18.8 Å². The molecule has 0 aliphatic rings. The van der Waals surface area contributed by atoms with Crippen LogP contribution in [0.15, 0.2) is 18.2 Å². The van der Waals surface area contributed by atoms with Crippen molar-refractivity contribution in [1.82, 2.24) is 5.32 Å². The molecule has 0 bridgehead atoms. The minimum Gasteiger partial charge on any atom is -0.316 e. The van der Waals surface area contributed by atoms with Crippen LogP contribution in [0, 0.1) is 5.92 Å². The Kier molecular flexibility index (Phi) is 5.67. The standard InChI is InChI=1S/C14H17F6N/c1-9(2)8-21-4-3-10-5-11(13(15,16)17)7-12(6-10)14(18,19)20/h5-7,9,21H,3-4,8H2,1-2H3. The lowest BCUT2D eigenvalue weighted by atomic mass is 10.0. The van der Waals surface area contributed by atoms with E-state index < -0.39 is 23.5 Å². The van der Waals surface area contributed by atoms with Crippen molar-refractivity contribution >= 4 is 0 Å². The van der Waals surface area contributed by atoms with E-state index in [2.05, 4.69) is 5.32 Å². The van der Waals surface area contributed by atoms with Crippen LogP contribution in [0.5, 0.6) is 0 Å². The Morgan fingerprint density at radius 1 is 0.905 bits per heavy atom. The second kappa shape index (κ2) is 6.68. The Labute approximate surface area is 119 Å². The maximum Gasteiger partial charge on any atom is 0.416 e. The second-order valence-corrected chi connectivity index (χ2v) is 5.26.